The topological polar surface area (TPSA) is 4.93 Å². The molecule has 0 fully saturated rings. The molecule has 2 heterocycles. The van der Waals surface area contributed by atoms with E-state index in [4.69, 9.17) is 0 Å². The van der Waals surface area contributed by atoms with Crippen LogP contribution in [0.4, 0.5) is 4.39 Å². The van der Waals surface area contributed by atoms with Gasteiger partial charge in [-0.15, -0.1) is 0 Å². The van der Waals surface area contributed by atoms with Crippen molar-refractivity contribution in [3.05, 3.63) is 72.2 Å². The van der Waals surface area contributed by atoms with Crippen molar-refractivity contribution >= 4 is 0 Å². The number of fused-ring (bicyclic) bond motifs is 1. The van der Waals surface area contributed by atoms with Crippen LogP contribution < -0.4 is 0 Å². The van der Waals surface area contributed by atoms with Gasteiger partial charge in [-0.05, 0) is 54.5 Å². The minimum atomic E-state index is -0.183. The summed E-state index contributed by atoms with van der Waals surface area (Å²) in [6, 6.07) is 19.9. The van der Waals surface area contributed by atoms with E-state index in [-0.39, 0.29) is 5.82 Å². The third kappa shape index (κ3) is 3.02. The number of hydrogen-bond donors (Lipinski definition) is 0. The molecule has 25 heavy (non-hydrogen) atoms. The van der Waals surface area contributed by atoms with Gasteiger partial charge in [0.25, 0.3) is 0 Å². The second-order valence-corrected chi connectivity index (χ2v) is 6.98. The predicted molar refractivity (Wildman–Crippen MR) is 102 cm³/mol. The van der Waals surface area contributed by atoms with Crippen molar-refractivity contribution < 1.29 is 4.39 Å². The lowest BCUT2D eigenvalue weighted by Gasteiger charge is -2.26. The second kappa shape index (κ2) is 6.87. The summed E-state index contributed by atoms with van der Waals surface area (Å²) in [4.78, 5) is 0. The lowest BCUT2D eigenvalue weighted by molar-refractivity contribution is 0.435. The Morgan fingerprint density at radius 3 is 2.48 bits per heavy atom. The van der Waals surface area contributed by atoms with Gasteiger partial charge in [-0.2, -0.15) is 0 Å². The molecule has 0 saturated carbocycles. The fourth-order valence-electron chi connectivity index (χ4n) is 4.19. The van der Waals surface area contributed by atoms with Crippen LogP contribution >= 0.6 is 0 Å². The Morgan fingerprint density at radius 2 is 1.76 bits per heavy atom. The lowest BCUT2D eigenvalue weighted by Crippen LogP contribution is -2.15. The van der Waals surface area contributed by atoms with Crippen LogP contribution in [0.15, 0.2) is 60.7 Å². The quantitative estimate of drug-likeness (QED) is 0.504. The van der Waals surface area contributed by atoms with Crippen LogP contribution in [0, 0.1) is 5.82 Å². The molecule has 0 bridgehead atoms. The van der Waals surface area contributed by atoms with E-state index in [0.717, 1.165) is 12.1 Å². The van der Waals surface area contributed by atoms with Crippen molar-refractivity contribution in [1.82, 2.24) is 4.57 Å². The zero-order valence-electron chi connectivity index (χ0n) is 14.7. The normalized spacial score (nSPS) is 16.6. The number of rotatable bonds is 4. The second-order valence-electron chi connectivity index (χ2n) is 6.98. The van der Waals surface area contributed by atoms with E-state index in [9.17, 15) is 4.39 Å². The van der Waals surface area contributed by atoms with Gasteiger partial charge in [0.05, 0.1) is 5.69 Å². The highest BCUT2D eigenvalue weighted by atomic mass is 19.1. The van der Waals surface area contributed by atoms with E-state index in [1.165, 1.54) is 48.2 Å². The maximum absolute atomic E-state index is 13.4. The van der Waals surface area contributed by atoms with Crippen LogP contribution in [0.3, 0.4) is 0 Å². The molecule has 0 aliphatic carbocycles. The monoisotopic (exact) mass is 333 g/mol. The Kier molecular flexibility index (Phi) is 4.44. The average molecular weight is 333 g/mol. The molecule has 3 aromatic rings. The molecule has 2 heteroatoms. The molecule has 4 rings (SSSR count). The van der Waals surface area contributed by atoms with Crippen LogP contribution in [0.2, 0.25) is 0 Å². The van der Waals surface area contributed by atoms with Crippen molar-refractivity contribution in [2.45, 2.75) is 45.1 Å². The Balaban J connectivity index is 1.92. The average Bonchev–Trinajstić information content (AvgIpc) is 3.04. The molecule has 0 radical (unpaired) electrons. The first kappa shape index (κ1) is 16.1. The van der Waals surface area contributed by atoms with Gasteiger partial charge in [0.15, 0.2) is 0 Å². The zero-order valence-corrected chi connectivity index (χ0v) is 14.7. The summed E-state index contributed by atoms with van der Waals surface area (Å²) in [5.74, 6) is 0.452. The summed E-state index contributed by atoms with van der Waals surface area (Å²) in [5.41, 5.74) is 6.29. The summed E-state index contributed by atoms with van der Waals surface area (Å²) in [6.45, 7) is 3.34. The van der Waals surface area contributed by atoms with Gasteiger partial charge in [-0.3, -0.25) is 0 Å². The number of hydrogen-bond acceptors (Lipinski definition) is 0. The van der Waals surface area contributed by atoms with Gasteiger partial charge in [-0.1, -0.05) is 55.8 Å². The van der Waals surface area contributed by atoms with Gasteiger partial charge in [0, 0.05) is 17.8 Å². The first-order valence-electron chi connectivity index (χ1n) is 9.32. The molecule has 0 spiro atoms. The predicted octanol–water partition coefficient (Wildman–Crippen LogP) is 6.64. The van der Waals surface area contributed by atoms with Crippen LogP contribution in [-0.2, 0) is 6.54 Å². The highest BCUT2D eigenvalue weighted by molar-refractivity contribution is 5.83. The van der Waals surface area contributed by atoms with Crippen molar-refractivity contribution in [1.29, 1.82) is 0 Å². The molecular formula is C23H24FN. The van der Waals surface area contributed by atoms with Gasteiger partial charge < -0.3 is 4.57 Å². The minimum Gasteiger partial charge on any atom is -0.344 e. The molecule has 1 atom stereocenters. The Labute approximate surface area is 149 Å². The maximum atomic E-state index is 13.4. The number of benzene rings is 2. The first-order valence-corrected chi connectivity index (χ1v) is 9.32. The molecule has 128 valence electrons. The standard InChI is InChI=1S/C23H24FN/c1-2-7-18-10-6-15-25-22(18)16-21(17-11-13-20(24)14-12-17)23(25)19-8-4-3-5-9-19/h3-5,8-9,11-14,16,18H,2,6-7,10,15H2,1H3. The molecule has 0 N–H and O–H groups in total. The molecular weight excluding hydrogens is 309 g/mol. The van der Waals surface area contributed by atoms with E-state index in [1.54, 1.807) is 12.1 Å². The summed E-state index contributed by atoms with van der Waals surface area (Å²) in [6.07, 6.45) is 4.95. The van der Waals surface area contributed by atoms with Crippen LogP contribution in [0.1, 0.15) is 44.2 Å². The molecule has 0 amide bonds. The zero-order chi connectivity index (χ0) is 17.2. The summed E-state index contributed by atoms with van der Waals surface area (Å²) >= 11 is 0. The van der Waals surface area contributed by atoms with E-state index in [2.05, 4.69) is 47.9 Å². The van der Waals surface area contributed by atoms with E-state index in [0.29, 0.717) is 5.92 Å². The minimum absolute atomic E-state index is 0.183. The van der Waals surface area contributed by atoms with Crippen LogP contribution in [0.25, 0.3) is 22.4 Å². The van der Waals surface area contributed by atoms with Crippen molar-refractivity contribution in [3.63, 3.8) is 0 Å². The molecule has 1 aliphatic heterocycles. The van der Waals surface area contributed by atoms with Gasteiger partial charge in [-0.25, -0.2) is 4.39 Å². The fourth-order valence-corrected chi connectivity index (χ4v) is 4.19. The third-order valence-corrected chi connectivity index (χ3v) is 5.32. The SMILES string of the molecule is CCCC1CCCn2c1cc(-c1ccc(F)cc1)c2-c1ccccc1. The van der Waals surface area contributed by atoms with E-state index < -0.39 is 0 Å². The van der Waals surface area contributed by atoms with E-state index in [1.807, 2.05) is 12.1 Å². The summed E-state index contributed by atoms with van der Waals surface area (Å²) in [5, 5.41) is 0. The third-order valence-electron chi connectivity index (χ3n) is 5.32. The lowest BCUT2D eigenvalue weighted by atomic mass is 9.91. The van der Waals surface area contributed by atoms with Crippen molar-refractivity contribution in [2.24, 2.45) is 0 Å². The molecule has 1 aromatic heterocycles. The van der Waals surface area contributed by atoms with Crippen molar-refractivity contribution in [2.75, 3.05) is 0 Å². The largest absolute Gasteiger partial charge is 0.344 e. The van der Waals surface area contributed by atoms with Crippen LogP contribution in [0.5, 0.6) is 0 Å². The Hall–Kier alpha value is -2.35. The first-order chi connectivity index (χ1) is 12.3. The Morgan fingerprint density at radius 1 is 1.00 bits per heavy atom. The Bertz CT molecular complexity index is 846. The van der Waals surface area contributed by atoms with E-state index >= 15 is 0 Å². The molecule has 0 saturated heterocycles. The van der Waals surface area contributed by atoms with Crippen molar-refractivity contribution in [3.8, 4) is 22.4 Å². The fraction of sp³-hybridized carbons (Fsp3) is 0.304. The number of halogens is 1. The smallest absolute Gasteiger partial charge is 0.123 e. The van der Waals surface area contributed by atoms with Crippen LogP contribution in [-0.4, -0.2) is 4.57 Å². The summed E-state index contributed by atoms with van der Waals surface area (Å²) in [7, 11) is 0. The molecule has 1 aliphatic rings. The maximum Gasteiger partial charge on any atom is 0.123 e. The van der Waals surface area contributed by atoms with Gasteiger partial charge >= 0.3 is 0 Å². The molecule has 2 aromatic carbocycles. The van der Waals surface area contributed by atoms with Gasteiger partial charge in [0.2, 0.25) is 0 Å². The number of aromatic nitrogens is 1. The van der Waals surface area contributed by atoms with Gasteiger partial charge in [0.1, 0.15) is 5.82 Å². The highest BCUT2D eigenvalue weighted by Crippen LogP contribution is 2.42. The molecule has 1 unspecified atom stereocenters. The summed E-state index contributed by atoms with van der Waals surface area (Å²) < 4.78 is 15.9. The molecule has 1 nitrogen and oxygen atoms in total. The number of nitrogens with zero attached hydrogens (tertiary/aromatic N) is 1. The highest BCUT2D eigenvalue weighted by Gasteiger charge is 2.25.